The average molecular weight is 498 g/mol. The number of aryl methyl sites for hydroxylation is 2. The summed E-state index contributed by atoms with van der Waals surface area (Å²) < 4.78 is 43.9. The number of hydrogen-bond donors (Lipinski definition) is 0. The van der Waals surface area contributed by atoms with Gasteiger partial charge >= 0.3 is 11.9 Å². The molecule has 2 aromatic carbocycles. The maximum Gasteiger partial charge on any atom is 0.356 e. The van der Waals surface area contributed by atoms with Crippen LogP contribution in [0.1, 0.15) is 28.4 Å². The van der Waals surface area contributed by atoms with Gasteiger partial charge in [0.15, 0.2) is 17.6 Å². The van der Waals surface area contributed by atoms with Gasteiger partial charge in [0.05, 0.1) is 29.7 Å². The van der Waals surface area contributed by atoms with Crippen molar-refractivity contribution in [3.8, 4) is 5.75 Å². The average Bonchev–Trinajstić information content (AvgIpc) is 2.83. The van der Waals surface area contributed by atoms with E-state index in [-0.39, 0.29) is 28.4 Å². The summed E-state index contributed by atoms with van der Waals surface area (Å²) >= 11 is 0. The zero-order valence-electron chi connectivity index (χ0n) is 19.5. The summed E-state index contributed by atoms with van der Waals surface area (Å²) in [6, 6.07) is 10.8. The van der Waals surface area contributed by atoms with Crippen LogP contribution in [0.25, 0.3) is 0 Å². The zero-order valence-corrected chi connectivity index (χ0v) is 20.3. The molecule has 0 aliphatic carbocycles. The minimum atomic E-state index is -4.44. The first-order valence-corrected chi connectivity index (χ1v) is 12.2. The molecule has 2 aromatic rings. The summed E-state index contributed by atoms with van der Waals surface area (Å²) in [6.45, 7) is 5.08. The molecule has 0 radical (unpaired) electrons. The van der Waals surface area contributed by atoms with Crippen LogP contribution in [0.2, 0.25) is 0 Å². The van der Waals surface area contributed by atoms with Crippen LogP contribution in [-0.4, -0.2) is 50.3 Å². The minimum Gasteiger partial charge on any atom is -0.480 e. The van der Waals surface area contributed by atoms with E-state index in [9.17, 15) is 22.8 Å². The van der Waals surface area contributed by atoms with Gasteiger partial charge in [0.1, 0.15) is 11.3 Å². The van der Waals surface area contributed by atoms with Gasteiger partial charge in [-0.2, -0.15) is 0 Å². The number of sulfonamides is 1. The van der Waals surface area contributed by atoms with Gasteiger partial charge in [0.25, 0.3) is 10.0 Å². The third-order valence-electron chi connectivity index (χ3n) is 5.62. The van der Waals surface area contributed by atoms with Gasteiger partial charge in [-0.15, -0.1) is 0 Å². The molecule has 0 saturated carbocycles. The molecule has 10 heteroatoms. The quantitative estimate of drug-likeness (QED) is 0.579. The van der Waals surface area contributed by atoms with Crippen molar-refractivity contribution < 1.29 is 37.0 Å². The van der Waals surface area contributed by atoms with Gasteiger partial charge < -0.3 is 14.2 Å². The lowest BCUT2D eigenvalue weighted by Gasteiger charge is -2.36. The normalized spacial score (nSPS) is 17.1. The zero-order chi connectivity index (χ0) is 25.5. The van der Waals surface area contributed by atoms with E-state index in [1.807, 2.05) is 0 Å². The third-order valence-corrected chi connectivity index (χ3v) is 7.29. The number of benzene rings is 2. The number of nitrogens with zero attached hydrogens (tertiary/aromatic N) is 1. The molecule has 1 unspecified atom stereocenters. The molecule has 0 N–H and O–H groups in total. The molecule has 2 aliphatic rings. The van der Waals surface area contributed by atoms with Crippen molar-refractivity contribution >= 4 is 27.7 Å². The van der Waals surface area contributed by atoms with Crippen LogP contribution in [0.15, 0.2) is 70.4 Å². The first-order valence-electron chi connectivity index (χ1n) is 10.7. The van der Waals surface area contributed by atoms with E-state index in [2.05, 4.69) is 0 Å². The summed E-state index contributed by atoms with van der Waals surface area (Å²) in [5, 5.41) is 0. The Bertz CT molecular complexity index is 1400. The number of ether oxygens (including phenoxy) is 3. The topological polar surface area (TPSA) is 116 Å². The smallest absolute Gasteiger partial charge is 0.356 e. The van der Waals surface area contributed by atoms with E-state index in [0.29, 0.717) is 4.31 Å². The highest BCUT2D eigenvalue weighted by atomic mass is 32.2. The van der Waals surface area contributed by atoms with Crippen LogP contribution in [-0.2, 0) is 29.1 Å². The van der Waals surface area contributed by atoms with Crippen molar-refractivity contribution in [1.82, 2.24) is 4.31 Å². The van der Waals surface area contributed by atoms with Crippen LogP contribution in [0, 0.1) is 13.8 Å². The minimum absolute atomic E-state index is 0.0585. The SMILES string of the molecule is CCOC(=O)C1=C(C(=O)OC)N(S(=O)(=O)c2ccc(C)cc2)C=C2C(=O)c3cc(C)ccc3OC21. The molecule has 35 heavy (non-hydrogen) atoms. The standard InChI is InChI=1S/C25H23NO8S/c1-5-33-24(28)20-21(25(29)32-4)26(35(30,31)16-9-6-14(2)7-10-16)13-18-22(27)17-12-15(3)8-11-19(17)34-23(18)20/h6-13,23H,5H2,1-4H3. The molecule has 4 rings (SSSR count). The number of esters is 2. The van der Waals surface area contributed by atoms with Gasteiger partial charge in [-0.1, -0.05) is 29.3 Å². The molecular formula is C25H23NO8S. The predicted molar refractivity (Wildman–Crippen MR) is 124 cm³/mol. The molecule has 0 bridgehead atoms. The highest BCUT2D eigenvalue weighted by molar-refractivity contribution is 7.89. The maximum absolute atomic E-state index is 13.7. The van der Waals surface area contributed by atoms with Gasteiger partial charge in [-0.05, 0) is 45.0 Å². The number of rotatable bonds is 5. The predicted octanol–water partition coefficient (Wildman–Crippen LogP) is 2.83. The number of carbonyl (C=O) groups is 3. The van der Waals surface area contributed by atoms with E-state index in [0.717, 1.165) is 24.4 Å². The number of methoxy groups -OCH3 is 1. The summed E-state index contributed by atoms with van der Waals surface area (Å²) in [5.41, 5.74) is 0.644. The van der Waals surface area contributed by atoms with Crippen molar-refractivity contribution in [3.05, 3.63) is 82.2 Å². The van der Waals surface area contributed by atoms with Gasteiger partial charge in [-0.3, -0.25) is 4.79 Å². The summed E-state index contributed by atoms with van der Waals surface area (Å²) in [5.74, 6) is -2.45. The monoisotopic (exact) mass is 497 g/mol. The second-order valence-electron chi connectivity index (χ2n) is 8.00. The van der Waals surface area contributed by atoms with Gasteiger partial charge in [0.2, 0.25) is 0 Å². The van der Waals surface area contributed by atoms with Crippen LogP contribution in [0.4, 0.5) is 0 Å². The van der Waals surface area contributed by atoms with E-state index in [1.165, 1.54) is 12.1 Å². The van der Waals surface area contributed by atoms with Crippen molar-refractivity contribution in [1.29, 1.82) is 0 Å². The second kappa shape index (κ2) is 9.03. The highest BCUT2D eigenvalue weighted by Crippen LogP contribution is 2.40. The largest absolute Gasteiger partial charge is 0.480 e. The Hall–Kier alpha value is -3.92. The van der Waals surface area contributed by atoms with E-state index in [1.54, 1.807) is 51.1 Å². The van der Waals surface area contributed by atoms with Crippen LogP contribution >= 0.6 is 0 Å². The molecular weight excluding hydrogens is 474 g/mol. The molecule has 2 aliphatic heterocycles. The number of ketones is 1. The fourth-order valence-corrected chi connectivity index (χ4v) is 5.26. The fourth-order valence-electron chi connectivity index (χ4n) is 3.89. The Labute approximate surface area is 202 Å². The van der Waals surface area contributed by atoms with Crippen LogP contribution in [0.3, 0.4) is 0 Å². The Morgan fingerprint density at radius 1 is 1.03 bits per heavy atom. The van der Waals surface area contributed by atoms with Crippen molar-refractivity contribution in [2.24, 2.45) is 0 Å². The Morgan fingerprint density at radius 2 is 1.69 bits per heavy atom. The molecule has 0 aromatic heterocycles. The molecule has 9 nitrogen and oxygen atoms in total. The first kappa shape index (κ1) is 24.2. The number of fused-ring (bicyclic) bond motifs is 2. The lowest BCUT2D eigenvalue weighted by molar-refractivity contribution is -0.142. The van der Waals surface area contributed by atoms with E-state index >= 15 is 0 Å². The molecule has 0 spiro atoms. The number of hydrogen-bond acceptors (Lipinski definition) is 8. The Morgan fingerprint density at radius 3 is 2.31 bits per heavy atom. The second-order valence-corrected chi connectivity index (χ2v) is 9.81. The van der Waals surface area contributed by atoms with E-state index in [4.69, 9.17) is 14.2 Å². The van der Waals surface area contributed by atoms with Crippen molar-refractivity contribution in [3.63, 3.8) is 0 Å². The number of Topliss-reactive ketones (excluding diaryl/α,β-unsaturated/α-hetero) is 1. The molecule has 1 atom stereocenters. The number of carbonyl (C=O) groups excluding carboxylic acids is 3. The highest BCUT2D eigenvalue weighted by Gasteiger charge is 2.48. The summed E-state index contributed by atoms with van der Waals surface area (Å²) in [7, 11) is -3.39. The lowest BCUT2D eigenvalue weighted by atomic mass is 9.88. The van der Waals surface area contributed by atoms with E-state index < -0.39 is 45.1 Å². The fraction of sp³-hybridized carbons (Fsp3) is 0.240. The first-order chi connectivity index (χ1) is 16.6. The Kier molecular flexibility index (Phi) is 6.25. The lowest BCUT2D eigenvalue weighted by Crippen LogP contribution is -2.45. The van der Waals surface area contributed by atoms with Gasteiger partial charge in [0, 0.05) is 6.20 Å². The van der Waals surface area contributed by atoms with Crippen molar-refractivity contribution in [2.45, 2.75) is 31.8 Å². The molecule has 0 saturated heterocycles. The molecule has 0 amide bonds. The van der Waals surface area contributed by atoms with Crippen LogP contribution in [0.5, 0.6) is 5.75 Å². The third kappa shape index (κ3) is 4.10. The van der Waals surface area contributed by atoms with Crippen LogP contribution < -0.4 is 4.74 Å². The summed E-state index contributed by atoms with van der Waals surface area (Å²) in [4.78, 5) is 39.3. The Balaban J connectivity index is 2.01. The van der Waals surface area contributed by atoms with Crippen molar-refractivity contribution in [2.75, 3.05) is 13.7 Å². The van der Waals surface area contributed by atoms with Gasteiger partial charge in [-0.25, -0.2) is 22.3 Å². The molecule has 182 valence electrons. The molecule has 0 fully saturated rings. The summed E-state index contributed by atoms with van der Waals surface area (Å²) in [6.07, 6.45) is -0.349. The molecule has 2 heterocycles. The maximum atomic E-state index is 13.7.